The van der Waals surface area contributed by atoms with Crippen LogP contribution in [0.15, 0.2) is 17.8 Å². The van der Waals surface area contributed by atoms with Crippen LogP contribution in [0.25, 0.3) is 0 Å². The molecule has 0 bridgehead atoms. The Kier molecular flexibility index (Phi) is 12.9. The summed E-state index contributed by atoms with van der Waals surface area (Å²) < 4.78 is 97.6. The highest BCUT2D eigenvalue weighted by molar-refractivity contribution is 7.09. The number of fused-ring (bicyclic) bond motifs is 2. The number of imidazole rings is 1. The summed E-state index contributed by atoms with van der Waals surface area (Å²) in [6, 6.07) is 0. The lowest BCUT2D eigenvalue weighted by molar-refractivity contribution is -0.193. The number of alkyl halides is 9. The Bertz CT molecular complexity index is 1150. The monoisotopic (exact) mass is 659 g/mol. The van der Waals surface area contributed by atoms with Crippen molar-refractivity contribution in [3.63, 3.8) is 0 Å². The van der Waals surface area contributed by atoms with E-state index in [2.05, 4.69) is 38.7 Å². The fraction of sp³-hybridized carbons (Fsp3) is 0.591. The molecule has 0 aliphatic carbocycles. The van der Waals surface area contributed by atoms with Gasteiger partial charge in [0, 0.05) is 49.6 Å². The van der Waals surface area contributed by atoms with Crippen LogP contribution in [0.1, 0.15) is 29.4 Å². The first-order valence-electron chi connectivity index (χ1n) is 11.8. The number of aromatic nitrogens is 3. The molecule has 3 N–H and O–H groups in total. The topological polar surface area (TPSA) is 149 Å². The molecule has 21 heteroatoms. The zero-order chi connectivity index (χ0) is 33.4. The van der Waals surface area contributed by atoms with E-state index in [1.807, 2.05) is 12.4 Å². The maximum atomic E-state index is 10.6. The van der Waals surface area contributed by atoms with E-state index in [-0.39, 0.29) is 5.54 Å². The molecule has 1 saturated heterocycles. The van der Waals surface area contributed by atoms with Crippen LogP contribution in [0.2, 0.25) is 0 Å². The fourth-order valence-corrected chi connectivity index (χ4v) is 4.62. The number of aryl methyl sites for hydroxylation is 1. The van der Waals surface area contributed by atoms with Gasteiger partial charge in [-0.05, 0) is 26.8 Å². The largest absolute Gasteiger partial charge is 0.490 e. The third kappa shape index (κ3) is 11.3. The minimum atomic E-state index is -5.08. The van der Waals surface area contributed by atoms with Gasteiger partial charge in [0.15, 0.2) is 0 Å². The molecule has 4 heterocycles. The second kappa shape index (κ2) is 14.8. The zero-order valence-electron chi connectivity index (χ0n) is 22.3. The number of likely N-dealkylation sites (tertiary alicyclic amines) is 1. The Morgan fingerprint density at radius 3 is 1.65 bits per heavy atom. The van der Waals surface area contributed by atoms with Crippen molar-refractivity contribution in [3.05, 3.63) is 34.3 Å². The molecule has 0 unspecified atom stereocenters. The van der Waals surface area contributed by atoms with Crippen molar-refractivity contribution in [1.29, 1.82) is 0 Å². The van der Waals surface area contributed by atoms with Gasteiger partial charge >= 0.3 is 36.4 Å². The molecule has 4 rings (SSSR count). The number of hydrogen-bond donors (Lipinski definition) is 3. The van der Waals surface area contributed by atoms with Gasteiger partial charge < -0.3 is 19.9 Å². The van der Waals surface area contributed by atoms with Crippen molar-refractivity contribution in [2.75, 3.05) is 26.7 Å². The first kappa shape index (κ1) is 37.6. The van der Waals surface area contributed by atoms with E-state index in [0.717, 1.165) is 45.6 Å². The third-order valence-corrected chi connectivity index (χ3v) is 6.88. The Hall–Kier alpha value is -3.46. The smallest absolute Gasteiger partial charge is 0.475 e. The van der Waals surface area contributed by atoms with Crippen molar-refractivity contribution < 1.29 is 69.2 Å². The standard InChI is InChI=1S/C16H23N5S.3C2HF3O2/c1-13-11-18-15-16(19(2)8-9-21(13)15)3-6-20(7-4-16)12-14-17-5-10-22-14;3*3-2(4,5)1(6)7/h5,10-11H,3-4,6-9,12H2,1-2H3;3*(H,6,7). The number of halogens is 9. The number of rotatable bonds is 2. The maximum Gasteiger partial charge on any atom is 0.490 e. The van der Waals surface area contributed by atoms with Crippen molar-refractivity contribution in [2.45, 2.75) is 56.9 Å². The molecule has 2 aliphatic heterocycles. The van der Waals surface area contributed by atoms with E-state index in [1.54, 1.807) is 11.3 Å². The average Bonchev–Trinajstić information content (AvgIpc) is 3.52. The minimum absolute atomic E-state index is 0.131. The van der Waals surface area contributed by atoms with Gasteiger partial charge in [0.1, 0.15) is 10.8 Å². The molecule has 0 aromatic carbocycles. The second-order valence-electron chi connectivity index (χ2n) is 8.94. The maximum absolute atomic E-state index is 10.6. The van der Waals surface area contributed by atoms with Crippen LogP contribution >= 0.6 is 11.3 Å². The van der Waals surface area contributed by atoms with Crippen molar-refractivity contribution in [1.82, 2.24) is 24.3 Å². The summed E-state index contributed by atoms with van der Waals surface area (Å²) in [6.07, 6.45) is -8.99. The number of aliphatic carboxylic acids is 3. The molecular formula is C22H26F9N5O6S. The van der Waals surface area contributed by atoms with Gasteiger partial charge in [-0.15, -0.1) is 11.3 Å². The number of carboxylic acids is 3. The first-order valence-corrected chi connectivity index (χ1v) is 12.6. The molecule has 2 aliphatic rings. The molecule has 0 saturated carbocycles. The molecule has 0 atom stereocenters. The second-order valence-corrected chi connectivity index (χ2v) is 9.92. The normalized spacial score (nSPS) is 16.8. The summed E-state index contributed by atoms with van der Waals surface area (Å²) >= 11 is 1.76. The SMILES string of the molecule is Cc1cnc2n1CCN(C)C21CCN(Cc2nccs2)CC1.O=C(O)C(F)(F)F.O=C(O)C(F)(F)F.O=C(O)C(F)(F)F. The van der Waals surface area contributed by atoms with Gasteiger partial charge in [-0.1, -0.05) is 0 Å². The number of piperidine rings is 1. The average molecular weight is 660 g/mol. The van der Waals surface area contributed by atoms with Crippen LogP contribution in [0.3, 0.4) is 0 Å². The summed E-state index contributed by atoms with van der Waals surface area (Å²) in [7, 11) is 2.27. The van der Waals surface area contributed by atoms with Crippen molar-refractivity contribution in [3.8, 4) is 0 Å². The predicted octanol–water partition coefficient (Wildman–Crippen LogP) is 3.98. The van der Waals surface area contributed by atoms with E-state index < -0.39 is 36.4 Å². The van der Waals surface area contributed by atoms with E-state index in [4.69, 9.17) is 34.7 Å². The summed E-state index contributed by atoms with van der Waals surface area (Å²) in [5.74, 6) is -6.99. The summed E-state index contributed by atoms with van der Waals surface area (Å²) in [5, 5.41) is 24.7. The van der Waals surface area contributed by atoms with Crippen LogP contribution in [0, 0.1) is 6.92 Å². The number of thiazole rings is 1. The molecule has 43 heavy (non-hydrogen) atoms. The fourth-order valence-electron chi connectivity index (χ4n) is 3.96. The zero-order valence-corrected chi connectivity index (χ0v) is 23.1. The highest BCUT2D eigenvalue weighted by atomic mass is 32.1. The van der Waals surface area contributed by atoms with Crippen LogP contribution < -0.4 is 0 Å². The van der Waals surface area contributed by atoms with E-state index >= 15 is 0 Å². The lowest BCUT2D eigenvalue weighted by atomic mass is 9.83. The molecule has 2 aromatic heterocycles. The van der Waals surface area contributed by atoms with Gasteiger partial charge in [-0.25, -0.2) is 24.4 Å². The molecule has 1 fully saturated rings. The van der Waals surface area contributed by atoms with Crippen LogP contribution in [-0.4, -0.2) is 103 Å². The molecule has 2 aromatic rings. The van der Waals surface area contributed by atoms with E-state index in [0.29, 0.717) is 0 Å². The lowest BCUT2D eigenvalue weighted by Crippen LogP contribution is -2.56. The quantitative estimate of drug-likeness (QED) is 0.405. The number of carboxylic acid groups (broad SMARTS) is 3. The summed E-state index contributed by atoms with van der Waals surface area (Å²) in [4.78, 5) is 41.0. The van der Waals surface area contributed by atoms with Crippen molar-refractivity contribution >= 4 is 29.2 Å². The minimum Gasteiger partial charge on any atom is -0.475 e. The van der Waals surface area contributed by atoms with Crippen LogP contribution in [0.4, 0.5) is 39.5 Å². The number of nitrogens with zero attached hydrogens (tertiary/aromatic N) is 5. The van der Waals surface area contributed by atoms with Gasteiger partial charge in [-0.3, -0.25) is 9.80 Å². The van der Waals surface area contributed by atoms with Crippen LogP contribution in [-0.2, 0) is 33.0 Å². The number of hydrogen-bond acceptors (Lipinski definition) is 8. The van der Waals surface area contributed by atoms with Gasteiger partial charge in [-0.2, -0.15) is 39.5 Å². The number of carbonyl (C=O) groups is 3. The van der Waals surface area contributed by atoms with E-state index in [1.165, 1.54) is 16.5 Å². The Morgan fingerprint density at radius 2 is 1.28 bits per heavy atom. The highest BCUT2D eigenvalue weighted by Crippen LogP contribution is 2.40. The Labute approximate surface area is 241 Å². The third-order valence-electron chi connectivity index (χ3n) is 6.11. The molecule has 11 nitrogen and oxygen atoms in total. The van der Waals surface area contributed by atoms with Gasteiger partial charge in [0.25, 0.3) is 0 Å². The van der Waals surface area contributed by atoms with Gasteiger partial charge in [0.05, 0.1) is 12.1 Å². The Balaban J connectivity index is 0.000000363. The highest BCUT2D eigenvalue weighted by Gasteiger charge is 2.45. The molecular weight excluding hydrogens is 633 g/mol. The molecule has 0 radical (unpaired) electrons. The lowest BCUT2D eigenvalue weighted by Gasteiger charge is -2.49. The Morgan fingerprint density at radius 1 is 0.837 bits per heavy atom. The predicted molar refractivity (Wildman–Crippen MR) is 129 cm³/mol. The van der Waals surface area contributed by atoms with Gasteiger partial charge in [0.2, 0.25) is 0 Å². The van der Waals surface area contributed by atoms with Crippen molar-refractivity contribution in [2.24, 2.45) is 0 Å². The van der Waals surface area contributed by atoms with Crippen LogP contribution in [0.5, 0.6) is 0 Å². The first-order chi connectivity index (χ1) is 19.5. The summed E-state index contributed by atoms with van der Waals surface area (Å²) in [6.45, 7) is 7.60. The molecule has 0 amide bonds. The molecule has 1 spiro atoms. The summed E-state index contributed by atoms with van der Waals surface area (Å²) in [5.41, 5.74) is 1.43. The number of likely N-dealkylation sites (N-methyl/N-ethyl adjacent to an activating group) is 1. The molecule has 244 valence electrons. The van der Waals surface area contributed by atoms with E-state index in [9.17, 15) is 39.5 Å².